The van der Waals surface area contributed by atoms with Gasteiger partial charge in [-0.05, 0) is 42.7 Å². The Balaban J connectivity index is 1.77. The van der Waals surface area contributed by atoms with Crippen LogP contribution in [-0.2, 0) is 4.79 Å². The molecule has 1 aliphatic heterocycles. The van der Waals surface area contributed by atoms with Crippen LogP contribution < -0.4 is 0 Å². The van der Waals surface area contributed by atoms with E-state index in [4.69, 9.17) is 5.53 Å². The van der Waals surface area contributed by atoms with Gasteiger partial charge in [0.05, 0.1) is 6.04 Å². The predicted molar refractivity (Wildman–Crippen MR) is 89.6 cm³/mol. The zero-order valence-electron chi connectivity index (χ0n) is 14.1. The van der Waals surface area contributed by atoms with E-state index in [9.17, 15) is 4.79 Å². The van der Waals surface area contributed by atoms with Gasteiger partial charge in [0.25, 0.3) is 0 Å². The van der Waals surface area contributed by atoms with Crippen LogP contribution in [0.5, 0.6) is 0 Å². The summed E-state index contributed by atoms with van der Waals surface area (Å²) in [4.78, 5) is 17.8. The largest absolute Gasteiger partial charge is 0.336 e. The zero-order valence-corrected chi connectivity index (χ0v) is 14.1. The first-order chi connectivity index (χ1) is 10.9. The number of nitrogens with zero attached hydrogens (tertiary/aromatic N) is 4. The Morgan fingerprint density at radius 2 is 2.04 bits per heavy atom. The van der Waals surface area contributed by atoms with Crippen LogP contribution in [0.25, 0.3) is 10.4 Å². The van der Waals surface area contributed by atoms with E-state index >= 15 is 0 Å². The molecular formula is C18H24N4O. The lowest BCUT2D eigenvalue weighted by Crippen LogP contribution is -2.49. The number of benzene rings is 1. The molecule has 2 fully saturated rings. The summed E-state index contributed by atoms with van der Waals surface area (Å²) in [5, 5.41) is 3.94. The average Bonchev–Trinajstić information content (AvgIpc) is 2.84. The number of piperidine rings is 1. The number of amides is 1. The Labute approximate surface area is 137 Å². The molecule has 1 aromatic rings. The lowest BCUT2D eigenvalue weighted by atomic mass is 9.75. The maximum Gasteiger partial charge on any atom is 0.226 e. The molecule has 3 atom stereocenters. The third kappa shape index (κ3) is 2.31. The van der Waals surface area contributed by atoms with Gasteiger partial charge in [0, 0.05) is 22.9 Å². The third-order valence-corrected chi connectivity index (χ3v) is 6.34. The molecular weight excluding hydrogens is 288 g/mol. The van der Waals surface area contributed by atoms with Crippen molar-refractivity contribution in [1.82, 2.24) is 4.90 Å². The molecule has 5 heteroatoms. The van der Waals surface area contributed by atoms with Crippen molar-refractivity contribution in [3.63, 3.8) is 0 Å². The molecule has 0 N–H and O–H groups in total. The minimum absolute atomic E-state index is 0.0187. The first-order valence-corrected chi connectivity index (χ1v) is 8.32. The number of azide groups is 1. The molecule has 1 aromatic carbocycles. The molecule has 5 nitrogen and oxygen atoms in total. The van der Waals surface area contributed by atoms with Crippen LogP contribution in [0.2, 0.25) is 0 Å². The molecule has 1 amide bonds. The molecule has 3 rings (SSSR count). The molecule has 1 saturated heterocycles. The molecule has 0 aromatic heterocycles. The maximum absolute atomic E-state index is 12.7. The molecule has 122 valence electrons. The first-order valence-electron chi connectivity index (χ1n) is 8.32. The number of carbonyl (C=O) groups excluding carboxylic acids is 1. The number of fused-ring (bicyclic) bond motifs is 2. The van der Waals surface area contributed by atoms with Gasteiger partial charge in [-0.1, -0.05) is 49.3 Å². The molecule has 0 unspecified atom stereocenters. The Kier molecular flexibility index (Phi) is 3.85. The van der Waals surface area contributed by atoms with E-state index in [-0.39, 0.29) is 28.8 Å². The fourth-order valence-electron chi connectivity index (χ4n) is 4.47. The highest BCUT2D eigenvalue weighted by molar-refractivity contribution is 5.85. The molecule has 1 heterocycles. The second kappa shape index (κ2) is 5.57. The summed E-state index contributed by atoms with van der Waals surface area (Å²) in [6, 6.07) is 9.57. The number of carbonyl (C=O) groups is 1. The van der Waals surface area contributed by atoms with Gasteiger partial charge in [0.2, 0.25) is 5.91 Å². The van der Waals surface area contributed by atoms with Gasteiger partial charge in [0.15, 0.2) is 0 Å². The third-order valence-electron chi connectivity index (χ3n) is 6.34. The van der Waals surface area contributed by atoms with Gasteiger partial charge >= 0.3 is 0 Å². The summed E-state index contributed by atoms with van der Waals surface area (Å²) >= 11 is 0. The highest BCUT2D eigenvalue weighted by atomic mass is 16.2. The molecule has 2 aliphatic rings. The second-order valence-corrected chi connectivity index (χ2v) is 7.50. The summed E-state index contributed by atoms with van der Waals surface area (Å²) in [6.07, 6.45) is 2.73. The van der Waals surface area contributed by atoms with Crippen LogP contribution >= 0.6 is 0 Å². The van der Waals surface area contributed by atoms with E-state index in [1.54, 1.807) is 0 Å². The highest BCUT2D eigenvalue weighted by Gasteiger charge is 2.64. The van der Waals surface area contributed by atoms with Crippen LogP contribution in [0.4, 0.5) is 0 Å². The van der Waals surface area contributed by atoms with Crippen molar-refractivity contribution in [2.45, 2.75) is 51.6 Å². The normalized spacial score (nSPS) is 29.4. The lowest BCUT2D eigenvalue weighted by molar-refractivity contribution is -0.136. The molecule has 1 saturated carbocycles. The van der Waals surface area contributed by atoms with E-state index < -0.39 is 0 Å². The van der Waals surface area contributed by atoms with E-state index in [0.717, 1.165) is 18.4 Å². The van der Waals surface area contributed by atoms with Gasteiger partial charge in [0.1, 0.15) is 0 Å². The van der Waals surface area contributed by atoms with Crippen molar-refractivity contribution in [1.29, 1.82) is 0 Å². The number of hydrogen-bond donors (Lipinski definition) is 0. The first kappa shape index (κ1) is 15.9. The van der Waals surface area contributed by atoms with Crippen LogP contribution in [0.15, 0.2) is 35.4 Å². The van der Waals surface area contributed by atoms with Gasteiger partial charge < -0.3 is 4.90 Å². The Morgan fingerprint density at radius 1 is 1.35 bits per heavy atom. The molecule has 0 radical (unpaired) electrons. The molecule has 0 spiro atoms. The fourth-order valence-corrected chi connectivity index (χ4v) is 4.47. The van der Waals surface area contributed by atoms with Crippen molar-refractivity contribution in [3.8, 4) is 0 Å². The minimum Gasteiger partial charge on any atom is -0.336 e. The van der Waals surface area contributed by atoms with Crippen molar-refractivity contribution >= 4 is 5.91 Å². The second-order valence-electron chi connectivity index (χ2n) is 7.50. The Hall–Kier alpha value is -2.00. The van der Waals surface area contributed by atoms with E-state index in [1.165, 1.54) is 0 Å². The fraction of sp³-hybridized carbons (Fsp3) is 0.611. The summed E-state index contributed by atoms with van der Waals surface area (Å²) in [5.74, 6) is 0.415. The summed E-state index contributed by atoms with van der Waals surface area (Å²) in [7, 11) is 0. The van der Waals surface area contributed by atoms with Crippen LogP contribution in [0.3, 0.4) is 0 Å². The van der Waals surface area contributed by atoms with Gasteiger partial charge in [-0.2, -0.15) is 0 Å². The summed E-state index contributed by atoms with van der Waals surface area (Å²) < 4.78 is 0. The number of rotatable bonds is 5. The maximum atomic E-state index is 12.7. The molecule has 23 heavy (non-hydrogen) atoms. The van der Waals surface area contributed by atoms with Crippen LogP contribution in [0, 0.1) is 11.3 Å². The van der Waals surface area contributed by atoms with Crippen molar-refractivity contribution in [2.75, 3.05) is 6.54 Å². The molecule has 2 bridgehead atoms. The average molecular weight is 312 g/mol. The standard InChI is InChI=1S/C18H24N4O/c1-17(2)14-9-11-18(17,3)22(16(14)23)12-10-15(20-21-19)13-7-5-4-6-8-13/h4-8,14-15H,9-12H2,1-3H3/t14-,15+,18-/m1/s1. The van der Waals surface area contributed by atoms with Gasteiger partial charge in [-0.15, -0.1) is 0 Å². The van der Waals surface area contributed by atoms with Gasteiger partial charge in [-0.25, -0.2) is 0 Å². The van der Waals surface area contributed by atoms with E-state index in [0.29, 0.717) is 13.0 Å². The van der Waals surface area contributed by atoms with Crippen molar-refractivity contribution in [2.24, 2.45) is 16.4 Å². The van der Waals surface area contributed by atoms with E-state index in [2.05, 4.69) is 30.8 Å². The SMILES string of the molecule is CC1(C)[C@@H]2CC[C@@]1(C)N(CC[C@H](N=[N+]=[N-])c1ccccc1)C2=O. The smallest absolute Gasteiger partial charge is 0.226 e. The monoisotopic (exact) mass is 312 g/mol. The zero-order chi connectivity index (χ0) is 16.7. The van der Waals surface area contributed by atoms with Crippen LogP contribution in [0.1, 0.15) is 51.6 Å². The van der Waals surface area contributed by atoms with E-state index in [1.807, 2.05) is 35.2 Å². The summed E-state index contributed by atoms with van der Waals surface area (Å²) in [5.41, 5.74) is 9.81. The highest BCUT2D eigenvalue weighted by Crippen LogP contribution is 2.59. The Bertz CT molecular complexity index is 650. The molecule has 1 aliphatic carbocycles. The summed E-state index contributed by atoms with van der Waals surface area (Å²) in [6.45, 7) is 7.28. The quantitative estimate of drug-likeness (QED) is 0.449. The van der Waals surface area contributed by atoms with Gasteiger partial charge in [-0.3, -0.25) is 4.79 Å². The van der Waals surface area contributed by atoms with Crippen molar-refractivity contribution in [3.05, 3.63) is 46.3 Å². The topological polar surface area (TPSA) is 69.1 Å². The predicted octanol–water partition coefficient (Wildman–Crippen LogP) is 4.47. The van der Waals surface area contributed by atoms with Crippen molar-refractivity contribution < 1.29 is 4.79 Å². The number of likely N-dealkylation sites (tertiary alicyclic amines) is 1. The lowest BCUT2D eigenvalue weighted by Gasteiger charge is -2.41. The van der Waals surface area contributed by atoms with Crippen LogP contribution in [-0.4, -0.2) is 22.9 Å². The Morgan fingerprint density at radius 3 is 2.61 bits per heavy atom. The number of hydrogen-bond acceptors (Lipinski definition) is 2. The minimum atomic E-state index is -0.222.